The zero-order valence-electron chi connectivity index (χ0n) is 17.1. The molecule has 2 amide bonds. The van der Waals surface area contributed by atoms with Gasteiger partial charge in [0, 0.05) is 38.3 Å². The van der Waals surface area contributed by atoms with Crippen LogP contribution in [0, 0.1) is 0 Å². The second-order valence-corrected chi connectivity index (χ2v) is 8.95. The van der Waals surface area contributed by atoms with Gasteiger partial charge in [0.15, 0.2) is 0 Å². The molecule has 6 nitrogen and oxygen atoms in total. The average Bonchev–Trinajstić information content (AvgIpc) is 3.29. The van der Waals surface area contributed by atoms with Crippen LogP contribution >= 0.6 is 11.3 Å². The van der Waals surface area contributed by atoms with E-state index in [2.05, 4.69) is 5.32 Å². The van der Waals surface area contributed by atoms with Gasteiger partial charge in [0.2, 0.25) is 0 Å². The van der Waals surface area contributed by atoms with Gasteiger partial charge in [-0.2, -0.15) is 5.10 Å². The van der Waals surface area contributed by atoms with Gasteiger partial charge < -0.3 is 10.2 Å². The van der Waals surface area contributed by atoms with Crippen LogP contribution in [0.3, 0.4) is 0 Å². The van der Waals surface area contributed by atoms with Crippen molar-refractivity contribution < 1.29 is 9.59 Å². The Kier molecular flexibility index (Phi) is 5.41. The number of hydrogen-bond acceptors (Lipinski definition) is 4. The molecule has 0 radical (unpaired) electrons. The predicted molar refractivity (Wildman–Crippen MR) is 117 cm³/mol. The fourth-order valence-corrected chi connectivity index (χ4v) is 5.11. The van der Waals surface area contributed by atoms with E-state index in [-0.39, 0.29) is 11.8 Å². The van der Waals surface area contributed by atoms with E-state index in [1.807, 2.05) is 17.8 Å². The number of fused-ring (bicyclic) bond motifs is 1. The number of rotatable bonds is 4. The molecule has 152 valence electrons. The van der Waals surface area contributed by atoms with Gasteiger partial charge in [0.1, 0.15) is 0 Å². The molecular formula is C22H26N4O2S. The lowest BCUT2D eigenvalue weighted by Crippen LogP contribution is -2.21. The van der Waals surface area contributed by atoms with E-state index in [4.69, 9.17) is 5.10 Å². The monoisotopic (exact) mass is 410 g/mol. The van der Waals surface area contributed by atoms with Gasteiger partial charge in [-0.15, -0.1) is 11.3 Å². The molecular weight excluding hydrogens is 384 g/mol. The molecule has 1 fully saturated rings. The number of hydrogen-bond donors (Lipinski definition) is 1. The third kappa shape index (κ3) is 3.92. The van der Waals surface area contributed by atoms with Crippen molar-refractivity contribution in [1.29, 1.82) is 0 Å². The molecule has 1 saturated carbocycles. The highest BCUT2D eigenvalue weighted by Crippen LogP contribution is 2.39. The number of carbonyl (C=O) groups is 2. The van der Waals surface area contributed by atoms with E-state index in [9.17, 15) is 9.59 Å². The van der Waals surface area contributed by atoms with Crippen molar-refractivity contribution in [3.05, 3.63) is 46.5 Å². The van der Waals surface area contributed by atoms with E-state index >= 15 is 0 Å². The number of anilines is 1. The van der Waals surface area contributed by atoms with E-state index in [1.165, 1.54) is 48.3 Å². The van der Waals surface area contributed by atoms with Crippen LogP contribution in [0.5, 0.6) is 0 Å². The largest absolute Gasteiger partial charge is 0.345 e. The number of amides is 2. The van der Waals surface area contributed by atoms with E-state index in [0.29, 0.717) is 22.0 Å². The molecule has 7 heteroatoms. The highest BCUT2D eigenvalue weighted by molar-refractivity contribution is 7.21. The van der Waals surface area contributed by atoms with Crippen LogP contribution in [-0.2, 0) is 7.05 Å². The Balaban J connectivity index is 1.53. The highest BCUT2D eigenvalue weighted by Gasteiger charge is 2.24. The normalized spacial score (nSPS) is 14.9. The number of benzene rings is 1. The van der Waals surface area contributed by atoms with Crippen LogP contribution in [0.2, 0.25) is 0 Å². The minimum absolute atomic E-state index is 0.0601. The van der Waals surface area contributed by atoms with Crippen molar-refractivity contribution in [1.82, 2.24) is 14.7 Å². The van der Waals surface area contributed by atoms with E-state index < -0.39 is 0 Å². The van der Waals surface area contributed by atoms with Crippen LogP contribution in [0.25, 0.3) is 10.2 Å². The fourth-order valence-electron chi connectivity index (χ4n) is 3.97. The topological polar surface area (TPSA) is 67.2 Å². The van der Waals surface area contributed by atoms with Gasteiger partial charge in [-0.05, 0) is 43.2 Å². The molecule has 0 atom stereocenters. The molecule has 2 aromatic heterocycles. The first-order valence-electron chi connectivity index (χ1n) is 10.0. The standard InChI is InChI=1S/C22H26N4O2S/c1-25(2)22(28)15-9-11-16(12-10-15)23-21(27)18-13-17-20(29-18)19(24-26(17)3)14-7-5-4-6-8-14/h9-14H,4-8H2,1-3H3,(H,23,27). The summed E-state index contributed by atoms with van der Waals surface area (Å²) < 4.78 is 3.03. The number of carbonyl (C=O) groups excluding carboxylic acids is 2. The van der Waals surface area contributed by atoms with Crippen molar-refractivity contribution >= 4 is 39.1 Å². The van der Waals surface area contributed by atoms with Crippen molar-refractivity contribution in [2.75, 3.05) is 19.4 Å². The van der Waals surface area contributed by atoms with Crippen LogP contribution in [0.4, 0.5) is 5.69 Å². The lowest BCUT2D eigenvalue weighted by atomic mass is 9.87. The molecule has 1 aromatic carbocycles. The Morgan fingerprint density at radius 2 is 1.83 bits per heavy atom. The summed E-state index contributed by atoms with van der Waals surface area (Å²) in [6, 6.07) is 8.91. The van der Waals surface area contributed by atoms with Crippen molar-refractivity contribution in [2.45, 2.75) is 38.0 Å². The van der Waals surface area contributed by atoms with Gasteiger partial charge in [0.05, 0.1) is 20.8 Å². The third-order valence-electron chi connectivity index (χ3n) is 5.56. The molecule has 2 heterocycles. The minimum atomic E-state index is -0.132. The Labute approximate surface area is 174 Å². The van der Waals surface area contributed by atoms with E-state index in [0.717, 1.165) is 15.9 Å². The Bertz CT molecular complexity index is 1040. The summed E-state index contributed by atoms with van der Waals surface area (Å²) in [5.74, 6) is 0.311. The third-order valence-corrected chi connectivity index (χ3v) is 6.71. The molecule has 0 spiro atoms. The first-order valence-corrected chi connectivity index (χ1v) is 10.8. The summed E-state index contributed by atoms with van der Waals surface area (Å²) in [4.78, 5) is 27.0. The zero-order valence-corrected chi connectivity index (χ0v) is 17.9. The van der Waals surface area contributed by atoms with Gasteiger partial charge in [-0.3, -0.25) is 14.3 Å². The molecule has 3 aromatic rings. The zero-order chi connectivity index (χ0) is 20.5. The second-order valence-electron chi connectivity index (χ2n) is 7.90. The summed E-state index contributed by atoms with van der Waals surface area (Å²) in [5.41, 5.74) is 3.44. The summed E-state index contributed by atoms with van der Waals surface area (Å²) >= 11 is 1.52. The number of aromatic nitrogens is 2. The minimum Gasteiger partial charge on any atom is -0.345 e. The highest BCUT2D eigenvalue weighted by atomic mass is 32.1. The maximum absolute atomic E-state index is 12.8. The molecule has 1 aliphatic carbocycles. The maximum Gasteiger partial charge on any atom is 0.265 e. The quantitative estimate of drug-likeness (QED) is 0.681. The van der Waals surface area contributed by atoms with E-state index in [1.54, 1.807) is 38.4 Å². The second kappa shape index (κ2) is 7.99. The molecule has 0 aliphatic heterocycles. The van der Waals surface area contributed by atoms with Gasteiger partial charge in [-0.1, -0.05) is 19.3 Å². The van der Waals surface area contributed by atoms with Crippen molar-refractivity contribution in [2.24, 2.45) is 7.05 Å². The summed E-state index contributed by atoms with van der Waals surface area (Å²) in [7, 11) is 5.38. The maximum atomic E-state index is 12.8. The lowest BCUT2D eigenvalue weighted by molar-refractivity contribution is 0.0827. The number of thiophene rings is 1. The smallest absolute Gasteiger partial charge is 0.265 e. The number of nitrogens with one attached hydrogen (secondary N) is 1. The molecule has 1 aliphatic rings. The summed E-state index contributed by atoms with van der Waals surface area (Å²) in [6.07, 6.45) is 6.19. The predicted octanol–water partition coefficient (Wildman–Crippen LogP) is 4.64. The number of aryl methyl sites for hydroxylation is 1. The van der Waals surface area contributed by atoms with Crippen molar-refractivity contribution in [3.8, 4) is 0 Å². The van der Waals surface area contributed by atoms with Crippen molar-refractivity contribution in [3.63, 3.8) is 0 Å². The van der Waals surface area contributed by atoms with Crippen LogP contribution in [0.15, 0.2) is 30.3 Å². The molecule has 4 rings (SSSR count). The molecule has 0 saturated heterocycles. The molecule has 0 unspecified atom stereocenters. The molecule has 0 bridgehead atoms. The first kappa shape index (κ1) is 19.6. The Hall–Kier alpha value is -2.67. The van der Waals surface area contributed by atoms with Crippen LogP contribution in [-0.4, -0.2) is 40.6 Å². The van der Waals surface area contributed by atoms with Crippen LogP contribution in [0.1, 0.15) is 63.7 Å². The first-order chi connectivity index (χ1) is 13.9. The summed E-state index contributed by atoms with van der Waals surface area (Å²) in [5, 5.41) is 7.70. The fraction of sp³-hybridized carbons (Fsp3) is 0.409. The van der Waals surface area contributed by atoms with Gasteiger partial charge >= 0.3 is 0 Å². The van der Waals surface area contributed by atoms with Gasteiger partial charge in [0.25, 0.3) is 11.8 Å². The number of nitrogens with zero attached hydrogens (tertiary/aromatic N) is 3. The van der Waals surface area contributed by atoms with Crippen LogP contribution < -0.4 is 5.32 Å². The molecule has 1 N–H and O–H groups in total. The SMILES string of the molecule is CN(C)C(=O)c1ccc(NC(=O)c2cc3c(s2)c(C2CCCCC2)nn3C)cc1. The van der Waals surface area contributed by atoms with Gasteiger partial charge in [-0.25, -0.2) is 0 Å². The average molecular weight is 411 g/mol. The molecule has 29 heavy (non-hydrogen) atoms. The Morgan fingerprint density at radius 3 is 2.48 bits per heavy atom. The lowest BCUT2D eigenvalue weighted by Gasteiger charge is -2.19. The summed E-state index contributed by atoms with van der Waals surface area (Å²) in [6.45, 7) is 0. The Morgan fingerprint density at radius 1 is 1.14 bits per heavy atom.